The van der Waals surface area contributed by atoms with Gasteiger partial charge in [-0.05, 0) is 24.3 Å². The van der Waals surface area contributed by atoms with Crippen LogP contribution in [0.2, 0.25) is 0 Å². The molecule has 0 saturated carbocycles. The van der Waals surface area contributed by atoms with Gasteiger partial charge < -0.3 is 21.1 Å². The fourth-order valence-electron chi connectivity index (χ4n) is 2.46. The second kappa shape index (κ2) is 7.59. The first-order valence-corrected chi connectivity index (χ1v) is 7.40. The fourth-order valence-corrected chi connectivity index (χ4v) is 2.46. The molecular formula is C15H21N5O3. The lowest BCUT2D eigenvalue weighted by atomic mass is 10.1. The highest BCUT2D eigenvalue weighted by Gasteiger charge is 2.22. The first kappa shape index (κ1) is 16.8. The van der Waals surface area contributed by atoms with E-state index in [4.69, 9.17) is 16.2 Å². The number of carboxylic acids is 1. The van der Waals surface area contributed by atoms with Gasteiger partial charge in [0, 0.05) is 44.0 Å². The van der Waals surface area contributed by atoms with E-state index in [1.54, 1.807) is 29.2 Å². The quantitative estimate of drug-likeness (QED) is 0.455. The Morgan fingerprint density at radius 3 is 2.30 bits per heavy atom. The molecule has 0 aromatic heterocycles. The van der Waals surface area contributed by atoms with Gasteiger partial charge in [0.2, 0.25) is 0 Å². The summed E-state index contributed by atoms with van der Waals surface area (Å²) in [7, 11) is 0. The van der Waals surface area contributed by atoms with E-state index in [-0.39, 0.29) is 18.3 Å². The lowest BCUT2D eigenvalue weighted by Crippen LogP contribution is -2.49. The zero-order valence-corrected chi connectivity index (χ0v) is 12.8. The van der Waals surface area contributed by atoms with Crippen LogP contribution in [0.5, 0.6) is 0 Å². The second-order valence-electron chi connectivity index (χ2n) is 5.39. The minimum absolute atomic E-state index is 0.0442. The van der Waals surface area contributed by atoms with Crippen molar-refractivity contribution in [1.29, 1.82) is 5.41 Å². The molecule has 1 heterocycles. The third-order valence-electron chi connectivity index (χ3n) is 3.71. The third kappa shape index (κ3) is 4.96. The monoisotopic (exact) mass is 319 g/mol. The standard InChI is InChI=1S/C15H21N5O3/c16-15(17)18-12-3-1-11(2-4-12)14(23)20-9-7-19(8-10-20)6-5-13(21)22/h1-4H,5-10H2,(H,21,22)(H4,16,17,18). The number of hydrogen-bond acceptors (Lipinski definition) is 4. The average molecular weight is 319 g/mol. The molecule has 5 N–H and O–H groups in total. The van der Waals surface area contributed by atoms with E-state index in [0.29, 0.717) is 44.0 Å². The molecule has 8 nitrogen and oxygen atoms in total. The van der Waals surface area contributed by atoms with Crippen LogP contribution in [0.25, 0.3) is 0 Å². The molecule has 0 radical (unpaired) electrons. The summed E-state index contributed by atoms with van der Waals surface area (Å²) in [4.78, 5) is 26.8. The van der Waals surface area contributed by atoms with Gasteiger partial charge in [-0.25, -0.2) is 0 Å². The van der Waals surface area contributed by atoms with Crippen molar-refractivity contribution in [3.05, 3.63) is 29.8 Å². The molecule has 0 atom stereocenters. The molecule has 1 aromatic carbocycles. The number of nitrogens with one attached hydrogen (secondary N) is 2. The van der Waals surface area contributed by atoms with Crippen molar-refractivity contribution in [2.45, 2.75) is 6.42 Å². The van der Waals surface area contributed by atoms with Gasteiger partial charge >= 0.3 is 5.97 Å². The van der Waals surface area contributed by atoms with Gasteiger partial charge in [-0.3, -0.25) is 19.9 Å². The first-order valence-electron chi connectivity index (χ1n) is 7.40. The summed E-state index contributed by atoms with van der Waals surface area (Å²) in [6.45, 7) is 3.06. The molecule has 0 unspecified atom stereocenters. The normalized spacial score (nSPS) is 15.2. The van der Waals surface area contributed by atoms with E-state index in [0.717, 1.165) is 0 Å². The fraction of sp³-hybridized carbons (Fsp3) is 0.400. The number of amides is 1. The molecule has 1 fully saturated rings. The molecule has 1 saturated heterocycles. The van der Waals surface area contributed by atoms with E-state index < -0.39 is 5.97 Å². The molecule has 124 valence electrons. The molecule has 1 aromatic rings. The highest BCUT2D eigenvalue weighted by Crippen LogP contribution is 2.13. The van der Waals surface area contributed by atoms with Crippen molar-refractivity contribution in [3.8, 4) is 0 Å². The van der Waals surface area contributed by atoms with Crippen molar-refractivity contribution >= 4 is 23.5 Å². The van der Waals surface area contributed by atoms with Crippen molar-refractivity contribution in [2.24, 2.45) is 5.73 Å². The van der Waals surface area contributed by atoms with Crippen molar-refractivity contribution in [3.63, 3.8) is 0 Å². The smallest absolute Gasteiger partial charge is 0.304 e. The van der Waals surface area contributed by atoms with E-state index >= 15 is 0 Å². The number of nitrogens with two attached hydrogens (primary N) is 1. The van der Waals surface area contributed by atoms with E-state index in [1.807, 2.05) is 0 Å². The Hall–Kier alpha value is -2.61. The molecule has 0 spiro atoms. The minimum atomic E-state index is -0.803. The highest BCUT2D eigenvalue weighted by atomic mass is 16.4. The Balaban J connectivity index is 1.87. The number of carboxylic acid groups (broad SMARTS) is 1. The SMILES string of the molecule is N=C(N)Nc1ccc(C(=O)N2CCN(CCC(=O)O)CC2)cc1. The molecule has 2 rings (SSSR count). The van der Waals surface area contributed by atoms with Crippen LogP contribution in [0.4, 0.5) is 5.69 Å². The van der Waals surface area contributed by atoms with E-state index in [9.17, 15) is 9.59 Å². The number of anilines is 1. The number of guanidine groups is 1. The zero-order valence-electron chi connectivity index (χ0n) is 12.8. The Labute approximate surface area is 134 Å². The van der Waals surface area contributed by atoms with Crippen LogP contribution in [0.3, 0.4) is 0 Å². The van der Waals surface area contributed by atoms with Crippen LogP contribution < -0.4 is 11.1 Å². The van der Waals surface area contributed by atoms with Gasteiger partial charge in [0.1, 0.15) is 0 Å². The summed E-state index contributed by atoms with van der Waals surface area (Å²) in [5.41, 5.74) is 6.49. The maximum Gasteiger partial charge on any atom is 0.304 e. The summed E-state index contributed by atoms with van der Waals surface area (Å²) in [5, 5.41) is 18.5. The van der Waals surface area contributed by atoms with Gasteiger partial charge in [0.25, 0.3) is 5.91 Å². The van der Waals surface area contributed by atoms with Gasteiger partial charge in [0.05, 0.1) is 6.42 Å². The lowest BCUT2D eigenvalue weighted by molar-refractivity contribution is -0.137. The Morgan fingerprint density at radius 2 is 1.78 bits per heavy atom. The van der Waals surface area contributed by atoms with Crippen LogP contribution in [-0.2, 0) is 4.79 Å². The van der Waals surface area contributed by atoms with Crippen LogP contribution in [0.15, 0.2) is 24.3 Å². The number of carbonyl (C=O) groups is 2. The number of piperazine rings is 1. The summed E-state index contributed by atoms with van der Waals surface area (Å²) < 4.78 is 0. The highest BCUT2D eigenvalue weighted by molar-refractivity contribution is 5.95. The van der Waals surface area contributed by atoms with Crippen molar-refractivity contribution in [2.75, 3.05) is 38.0 Å². The molecule has 0 aliphatic carbocycles. The molecule has 1 aliphatic heterocycles. The van der Waals surface area contributed by atoms with Crippen LogP contribution in [0.1, 0.15) is 16.8 Å². The zero-order chi connectivity index (χ0) is 16.8. The Morgan fingerprint density at radius 1 is 1.17 bits per heavy atom. The molecular weight excluding hydrogens is 298 g/mol. The van der Waals surface area contributed by atoms with Gasteiger partial charge in [-0.1, -0.05) is 0 Å². The largest absolute Gasteiger partial charge is 0.481 e. The van der Waals surface area contributed by atoms with Crippen molar-refractivity contribution in [1.82, 2.24) is 9.80 Å². The lowest BCUT2D eigenvalue weighted by Gasteiger charge is -2.34. The molecule has 1 aliphatic rings. The molecule has 0 bridgehead atoms. The number of benzene rings is 1. The number of hydrogen-bond donors (Lipinski definition) is 4. The maximum absolute atomic E-state index is 12.4. The summed E-state index contributed by atoms with van der Waals surface area (Å²) in [6.07, 6.45) is 0.124. The topological polar surface area (TPSA) is 123 Å². The molecule has 23 heavy (non-hydrogen) atoms. The number of nitrogens with zero attached hydrogens (tertiary/aromatic N) is 2. The minimum Gasteiger partial charge on any atom is -0.481 e. The Kier molecular flexibility index (Phi) is 5.53. The molecule has 8 heteroatoms. The summed E-state index contributed by atoms with van der Waals surface area (Å²) in [6, 6.07) is 6.81. The van der Waals surface area contributed by atoms with Gasteiger partial charge in [-0.15, -0.1) is 0 Å². The third-order valence-corrected chi connectivity index (χ3v) is 3.71. The summed E-state index contributed by atoms with van der Waals surface area (Å²) in [5.74, 6) is -0.999. The average Bonchev–Trinajstić information content (AvgIpc) is 2.53. The number of rotatable bonds is 5. The van der Waals surface area contributed by atoms with E-state index in [1.165, 1.54) is 0 Å². The second-order valence-corrected chi connectivity index (χ2v) is 5.39. The predicted molar refractivity (Wildman–Crippen MR) is 86.6 cm³/mol. The van der Waals surface area contributed by atoms with Gasteiger partial charge in [0.15, 0.2) is 5.96 Å². The maximum atomic E-state index is 12.4. The van der Waals surface area contributed by atoms with Crippen LogP contribution >= 0.6 is 0 Å². The predicted octanol–water partition coefficient (Wildman–Crippen LogP) is 0.224. The molecule has 1 amide bonds. The van der Waals surface area contributed by atoms with Crippen LogP contribution in [0, 0.1) is 5.41 Å². The van der Waals surface area contributed by atoms with E-state index in [2.05, 4.69) is 10.2 Å². The first-order chi connectivity index (χ1) is 11.0. The Bertz CT molecular complexity index is 579. The number of carbonyl (C=O) groups excluding carboxylic acids is 1. The number of aliphatic carboxylic acids is 1. The van der Waals surface area contributed by atoms with Crippen molar-refractivity contribution < 1.29 is 14.7 Å². The van der Waals surface area contributed by atoms with Gasteiger partial charge in [-0.2, -0.15) is 0 Å². The summed E-state index contributed by atoms with van der Waals surface area (Å²) >= 11 is 0. The van der Waals surface area contributed by atoms with Crippen LogP contribution in [-0.4, -0.2) is 65.5 Å².